The number of nitrogens with one attached hydrogen (secondary N) is 1. The van der Waals surface area contributed by atoms with Gasteiger partial charge in [-0.05, 0) is 48.9 Å². The quantitative estimate of drug-likeness (QED) is 0.873. The van der Waals surface area contributed by atoms with E-state index in [9.17, 15) is 13.2 Å². The van der Waals surface area contributed by atoms with Gasteiger partial charge in [-0.2, -0.15) is 0 Å². The van der Waals surface area contributed by atoms with Crippen molar-refractivity contribution in [1.82, 2.24) is 0 Å². The molecule has 0 aromatic heterocycles. The number of hydrogen-bond acceptors (Lipinski definition) is 3. The number of amides is 1. The van der Waals surface area contributed by atoms with E-state index in [1.807, 2.05) is 0 Å². The van der Waals surface area contributed by atoms with Crippen LogP contribution in [0.1, 0.15) is 25.7 Å². The Morgan fingerprint density at radius 1 is 1.10 bits per heavy atom. The predicted octanol–water partition coefficient (Wildman–Crippen LogP) is 2.99. The summed E-state index contributed by atoms with van der Waals surface area (Å²) < 4.78 is 22.3. The number of carbonyl (C=O) groups excluding carboxylic acids is 1. The molecule has 0 radical (unpaired) electrons. The molecule has 0 bridgehead atoms. The Morgan fingerprint density at radius 2 is 1.65 bits per heavy atom. The molecule has 0 spiro atoms. The zero-order valence-corrected chi connectivity index (χ0v) is 12.5. The van der Waals surface area contributed by atoms with Crippen LogP contribution in [0.15, 0.2) is 29.2 Å². The number of fused-ring (bicyclic) bond motifs is 1. The van der Waals surface area contributed by atoms with Gasteiger partial charge >= 0.3 is 0 Å². The molecule has 3 rings (SSSR count). The van der Waals surface area contributed by atoms with Crippen molar-refractivity contribution in [2.75, 3.05) is 5.32 Å². The molecule has 2 aliphatic carbocycles. The normalized spacial score (nSPS) is 28.6. The fourth-order valence-electron chi connectivity index (χ4n) is 3.31. The first-order chi connectivity index (χ1) is 9.47. The molecule has 1 amide bonds. The number of rotatable bonds is 3. The summed E-state index contributed by atoms with van der Waals surface area (Å²) in [4.78, 5) is 12.2. The molecule has 0 aliphatic heterocycles. The second kappa shape index (κ2) is 5.04. The monoisotopic (exact) mass is 313 g/mol. The maximum absolute atomic E-state index is 12.2. The number of benzene rings is 1. The first-order valence-electron chi connectivity index (χ1n) is 6.82. The fraction of sp³-hybridized carbons (Fsp3) is 0.500. The number of anilines is 1. The van der Waals surface area contributed by atoms with E-state index in [-0.39, 0.29) is 16.7 Å². The van der Waals surface area contributed by atoms with Crippen molar-refractivity contribution in [3.05, 3.63) is 24.3 Å². The van der Waals surface area contributed by atoms with E-state index in [4.69, 9.17) is 10.7 Å². The van der Waals surface area contributed by atoms with Crippen LogP contribution in [-0.4, -0.2) is 14.3 Å². The molecule has 1 aromatic carbocycles. The second-order valence-corrected chi connectivity index (χ2v) is 8.16. The molecule has 2 aliphatic rings. The van der Waals surface area contributed by atoms with Gasteiger partial charge in [0.15, 0.2) is 0 Å². The minimum atomic E-state index is -3.71. The summed E-state index contributed by atoms with van der Waals surface area (Å²) in [6.45, 7) is 0. The summed E-state index contributed by atoms with van der Waals surface area (Å²) in [6.07, 6.45) is 4.78. The molecule has 2 unspecified atom stereocenters. The number of halogens is 1. The van der Waals surface area contributed by atoms with Crippen LogP contribution >= 0.6 is 10.7 Å². The Balaban J connectivity index is 1.65. The zero-order chi connectivity index (χ0) is 14.3. The lowest BCUT2D eigenvalue weighted by Crippen LogP contribution is -2.15. The van der Waals surface area contributed by atoms with Gasteiger partial charge in [-0.15, -0.1) is 0 Å². The van der Waals surface area contributed by atoms with E-state index in [0.717, 1.165) is 12.8 Å². The highest BCUT2D eigenvalue weighted by Crippen LogP contribution is 2.55. The van der Waals surface area contributed by atoms with Crippen molar-refractivity contribution in [3.8, 4) is 0 Å². The Labute approximate surface area is 122 Å². The smallest absolute Gasteiger partial charge is 0.261 e. The van der Waals surface area contributed by atoms with Crippen LogP contribution in [0, 0.1) is 17.8 Å². The minimum absolute atomic E-state index is 0.0391. The largest absolute Gasteiger partial charge is 0.326 e. The van der Waals surface area contributed by atoms with Crippen molar-refractivity contribution in [2.24, 2.45) is 17.8 Å². The van der Waals surface area contributed by atoms with Crippen LogP contribution in [0.5, 0.6) is 0 Å². The average molecular weight is 314 g/mol. The van der Waals surface area contributed by atoms with Crippen molar-refractivity contribution in [3.63, 3.8) is 0 Å². The first kappa shape index (κ1) is 13.9. The predicted molar refractivity (Wildman–Crippen MR) is 77.0 cm³/mol. The lowest BCUT2D eigenvalue weighted by atomic mass is 10.0. The summed E-state index contributed by atoms with van der Waals surface area (Å²) in [6, 6.07) is 5.94. The highest BCUT2D eigenvalue weighted by molar-refractivity contribution is 8.13. The van der Waals surface area contributed by atoms with E-state index in [1.54, 1.807) is 12.1 Å². The Morgan fingerprint density at radius 3 is 2.15 bits per heavy atom. The molecule has 2 atom stereocenters. The molecular formula is C14H16ClNO3S. The third-order valence-electron chi connectivity index (χ3n) is 4.36. The molecule has 20 heavy (non-hydrogen) atoms. The first-order valence-corrected chi connectivity index (χ1v) is 9.13. The average Bonchev–Trinajstić information content (AvgIpc) is 3.12. The van der Waals surface area contributed by atoms with E-state index in [0.29, 0.717) is 17.5 Å². The molecule has 108 valence electrons. The van der Waals surface area contributed by atoms with Crippen LogP contribution < -0.4 is 5.32 Å². The van der Waals surface area contributed by atoms with E-state index in [2.05, 4.69) is 5.32 Å². The van der Waals surface area contributed by atoms with Gasteiger partial charge < -0.3 is 5.32 Å². The molecule has 2 saturated carbocycles. The Bertz CT molecular complexity index is 614. The van der Waals surface area contributed by atoms with Gasteiger partial charge in [-0.1, -0.05) is 12.8 Å². The van der Waals surface area contributed by atoms with Crippen LogP contribution in [0.4, 0.5) is 5.69 Å². The zero-order valence-electron chi connectivity index (χ0n) is 10.9. The third-order valence-corrected chi connectivity index (χ3v) is 5.73. The second-order valence-electron chi connectivity index (χ2n) is 5.59. The number of hydrogen-bond donors (Lipinski definition) is 1. The maximum Gasteiger partial charge on any atom is 0.261 e. The van der Waals surface area contributed by atoms with Crippen molar-refractivity contribution < 1.29 is 13.2 Å². The topological polar surface area (TPSA) is 63.2 Å². The highest BCUT2D eigenvalue weighted by atomic mass is 35.7. The van der Waals surface area contributed by atoms with Gasteiger partial charge in [-0.3, -0.25) is 4.79 Å². The van der Waals surface area contributed by atoms with Gasteiger partial charge in [0, 0.05) is 22.3 Å². The van der Waals surface area contributed by atoms with Gasteiger partial charge in [0.25, 0.3) is 9.05 Å². The van der Waals surface area contributed by atoms with Crippen molar-refractivity contribution in [2.45, 2.75) is 30.6 Å². The number of carbonyl (C=O) groups is 1. The molecule has 0 saturated heterocycles. The summed E-state index contributed by atoms with van der Waals surface area (Å²) in [5.74, 6) is 1.33. The molecule has 4 nitrogen and oxygen atoms in total. The van der Waals surface area contributed by atoms with Crippen LogP contribution in [0.25, 0.3) is 0 Å². The van der Waals surface area contributed by atoms with Crippen molar-refractivity contribution in [1.29, 1.82) is 0 Å². The van der Waals surface area contributed by atoms with Gasteiger partial charge in [0.2, 0.25) is 5.91 Å². The van der Waals surface area contributed by atoms with E-state index in [1.165, 1.54) is 25.0 Å². The lowest BCUT2D eigenvalue weighted by molar-refractivity contribution is -0.117. The van der Waals surface area contributed by atoms with Gasteiger partial charge in [0.05, 0.1) is 4.90 Å². The van der Waals surface area contributed by atoms with Gasteiger partial charge in [0.1, 0.15) is 0 Å². The minimum Gasteiger partial charge on any atom is -0.326 e. The van der Waals surface area contributed by atoms with E-state index < -0.39 is 9.05 Å². The molecule has 0 heterocycles. The summed E-state index contributed by atoms with van der Waals surface area (Å²) >= 11 is 0. The summed E-state index contributed by atoms with van der Waals surface area (Å²) in [5, 5.41) is 2.86. The molecule has 1 N–H and O–H groups in total. The summed E-state index contributed by atoms with van der Waals surface area (Å²) in [7, 11) is 1.53. The Kier molecular flexibility index (Phi) is 3.50. The standard InChI is InChI=1S/C14H16ClNO3S/c15-20(18,19)10-7-5-9(6-8-10)16-14(17)13-11-3-1-2-4-12(11)13/h5-8,11-13H,1-4H2,(H,16,17). The van der Waals surface area contributed by atoms with Crippen LogP contribution in [-0.2, 0) is 13.8 Å². The molecule has 6 heteroatoms. The molecule has 1 aromatic rings. The Hall–Kier alpha value is -1.07. The van der Waals surface area contributed by atoms with Crippen LogP contribution in [0.3, 0.4) is 0 Å². The van der Waals surface area contributed by atoms with E-state index >= 15 is 0 Å². The fourth-order valence-corrected chi connectivity index (χ4v) is 4.08. The maximum atomic E-state index is 12.2. The highest BCUT2D eigenvalue weighted by Gasteiger charge is 2.54. The summed E-state index contributed by atoms with van der Waals surface area (Å²) in [5.41, 5.74) is 0.614. The SMILES string of the molecule is O=C(Nc1ccc(S(=O)(=O)Cl)cc1)C1C2CCCCC21. The van der Waals surface area contributed by atoms with Crippen LogP contribution in [0.2, 0.25) is 0 Å². The van der Waals surface area contributed by atoms with Gasteiger partial charge in [-0.25, -0.2) is 8.42 Å². The molecule has 2 fully saturated rings. The third kappa shape index (κ3) is 2.69. The molecular weight excluding hydrogens is 298 g/mol. The lowest BCUT2D eigenvalue weighted by Gasteiger charge is -2.05. The van der Waals surface area contributed by atoms with Crippen molar-refractivity contribution >= 4 is 31.3 Å².